The van der Waals surface area contributed by atoms with Crippen molar-refractivity contribution in [3.63, 3.8) is 0 Å². The number of ether oxygens (including phenoxy) is 1. The second-order valence-corrected chi connectivity index (χ2v) is 7.18. The first-order valence-electron chi connectivity index (χ1n) is 9.92. The van der Waals surface area contributed by atoms with Crippen LogP contribution in [0.2, 0.25) is 0 Å². The molecule has 1 amide bonds. The Labute approximate surface area is 173 Å². The first kappa shape index (κ1) is 20.0. The summed E-state index contributed by atoms with van der Waals surface area (Å²) in [5.74, 6) is -0.305. The Morgan fingerprint density at radius 2 is 1.80 bits per heavy atom. The number of carbonyl (C=O) groups excluding carboxylic acids is 1. The fourth-order valence-electron chi connectivity index (χ4n) is 3.41. The number of hydrogen-bond acceptors (Lipinski definition) is 6. The Kier molecular flexibility index (Phi) is 6.31. The standard InChI is InChI=1S/C21H24N6O3/c28-20(16-26-21(29)27(24-23-26)18-9-5-2-6-10-18)22-13-19-15-25(11-12-30-19)14-17-7-3-1-4-8-17/h1-10,19H,11-16H2,(H,22,28)/t19-/m1/s1. The molecule has 1 atom stereocenters. The van der Waals surface area contributed by atoms with Gasteiger partial charge < -0.3 is 10.1 Å². The summed E-state index contributed by atoms with van der Waals surface area (Å²) in [6.45, 7) is 3.26. The molecule has 1 fully saturated rings. The summed E-state index contributed by atoms with van der Waals surface area (Å²) in [7, 11) is 0. The number of para-hydroxylation sites is 1. The first-order valence-corrected chi connectivity index (χ1v) is 9.92. The van der Waals surface area contributed by atoms with Crippen LogP contribution >= 0.6 is 0 Å². The van der Waals surface area contributed by atoms with Crippen molar-refractivity contribution in [2.24, 2.45) is 0 Å². The summed E-state index contributed by atoms with van der Waals surface area (Å²) >= 11 is 0. The molecule has 0 saturated carbocycles. The van der Waals surface area contributed by atoms with Crippen molar-refractivity contribution in [1.82, 2.24) is 30.0 Å². The molecular formula is C21H24N6O3. The summed E-state index contributed by atoms with van der Waals surface area (Å²) in [6.07, 6.45) is -0.0943. The predicted octanol–water partition coefficient (Wildman–Crippen LogP) is 0.446. The number of tetrazole rings is 1. The summed E-state index contributed by atoms with van der Waals surface area (Å²) in [5.41, 5.74) is 1.39. The highest BCUT2D eigenvalue weighted by molar-refractivity contribution is 5.75. The largest absolute Gasteiger partial charge is 0.374 e. The summed E-state index contributed by atoms with van der Waals surface area (Å²) in [4.78, 5) is 27.0. The van der Waals surface area contributed by atoms with Gasteiger partial charge in [0.2, 0.25) is 5.91 Å². The third-order valence-electron chi connectivity index (χ3n) is 4.93. The third kappa shape index (κ3) is 5.00. The zero-order chi connectivity index (χ0) is 20.8. The van der Waals surface area contributed by atoms with Crippen molar-refractivity contribution in [3.8, 4) is 5.69 Å². The van der Waals surface area contributed by atoms with E-state index in [1.54, 1.807) is 24.3 Å². The van der Waals surface area contributed by atoms with Crippen molar-refractivity contribution >= 4 is 5.91 Å². The lowest BCUT2D eigenvalue weighted by Crippen LogP contribution is -2.47. The van der Waals surface area contributed by atoms with Gasteiger partial charge in [-0.15, -0.1) is 0 Å². The van der Waals surface area contributed by atoms with E-state index in [0.717, 1.165) is 24.3 Å². The maximum Gasteiger partial charge on any atom is 0.368 e. The van der Waals surface area contributed by atoms with Crippen molar-refractivity contribution in [2.75, 3.05) is 26.2 Å². The maximum absolute atomic E-state index is 12.4. The van der Waals surface area contributed by atoms with E-state index in [1.807, 2.05) is 24.3 Å². The summed E-state index contributed by atoms with van der Waals surface area (Å²) in [5, 5.41) is 10.5. The minimum atomic E-state index is -0.459. The molecule has 0 unspecified atom stereocenters. The molecule has 1 saturated heterocycles. The van der Waals surface area contributed by atoms with Crippen molar-refractivity contribution in [3.05, 3.63) is 76.7 Å². The monoisotopic (exact) mass is 408 g/mol. The van der Waals surface area contributed by atoms with E-state index in [-0.39, 0.29) is 18.6 Å². The molecule has 1 aliphatic rings. The highest BCUT2D eigenvalue weighted by Crippen LogP contribution is 2.10. The molecule has 0 radical (unpaired) electrons. The number of hydrogen-bond donors (Lipinski definition) is 1. The third-order valence-corrected chi connectivity index (χ3v) is 4.93. The topological polar surface area (TPSA) is 94.3 Å². The molecule has 1 N–H and O–H groups in total. The fourth-order valence-corrected chi connectivity index (χ4v) is 3.41. The van der Waals surface area contributed by atoms with Gasteiger partial charge in [0.15, 0.2) is 0 Å². The molecule has 0 spiro atoms. The van der Waals surface area contributed by atoms with E-state index in [2.05, 4.69) is 32.8 Å². The molecule has 30 heavy (non-hydrogen) atoms. The molecule has 0 bridgehead atoms. The molecule has 2 aromatic carbocycles. The van der Waals surface area contributed by atoms with Gasteiger partial charge in [0.05, 0.1) is 18.4 Å². The van der Waals surface area contributed by atoms with Gasteiger partial charge in [-0.25, -0.2) is 4.79 Å². The number of benzene rings is 2. The van der Waals surface area contributed by atoms with Gasteiger partial charge in [-0.1, -0.05) is 48.5 Å². The van der Waals surface area contributed by atoms with Crippen molar-refractivity contribution in [2.45, 2.75) is 19.2 Å². The van der Waals surface area contributed by atoms with Crippen LogP contribution in [0.4, 0.5) is 0 Å². The smallest absolute Gasteiger partial charge is 0.368 e. The molecule has 156 valence electrons. The van der Waals surface area contributed by atoms with E-state index in [9.17, 15) is 9.59 Å². The summed E-state index contributed by atoms with van der Waals surface area (Å²) < 4.78 is 7.99. The van der Waals surface area contributed by atoms with E-state index in [1.165, 1.54) is 10.2 Å². The summed E-state index contributed by atoms with van der Waals surface area (Å²) in [6, 6.07) is 19.2. The van der Waals surface area contributed by atoms with E-state index in [4.69, 9.17) is 4.74 Å². The van der Waals surface area contributed by atoms with Crippen LogP contribution in [0.3, 0.4) is 0 Å². The number of carbonyl (C=O) groups is 1. The lowest BCUT2D eigenvalue weighted by molar-refractivity contribution is -0.123. The van der Waals surface area contributed by atoms with Crippen LogP contribution in [-0.2, 0) is 22.6 Å². The Morgan fingerprint density at radius 3 is 2.57 bits per heavy atom. The average Bonchev–Trinajstić information content (AvgIpc) is 3.14. The second kappa shape index (κ2) is 9.47. The van der Waals surface area contributed by atoms with Crippen LogP contribution in [-0.4, -0.2) is 62.9 Å². The Hall–Kier alpha value is -3.30. The predicted molar refractivity (Wildman–Crippen MR) is 110 cm³/mol. The molecule has 2 heterocycles. The van der Waals surface area contributed by atoms with Crippen LogP contribution in [0.5, 0.6) is 0 Å². The SMILES string of the molecule is O=C(Cn1nnn(-c2ccccc2)c1=O)NC[C@@H]1CN(Cc2ccccc2)CCO1. The Morgan fingerprint density at radius 1 is 1.07 bits per heavy atom. The number of amides is 1. The van der Waals surface area contributed by atoms with Crippen LogP contribution in [0.15, 0.2) is 65.5 Å². The van der Waals surface area contributed by atoms with Gasteiger partial charge in [0.1, 0.15) is 6.54 Å². The highest BCUT2D eigenvalue weighted by Gasteiger charge is 2.21. The highest BCUT2D eigenvalue weighted by atomic mass is 16.5. The minimum absolute atomic E-state index is 0.0943. The number of rotatable bonds is 7. The Balaban J connectivity index is 1.28. The van der Waals surface area contributed by atoms with E-state index < -0.39 is 5.69 Å². The van der Waals surface area contributed by atoms with Gasteiger partial charge in [-0.3, -0.25) is 9.69 Å². The molecule has 3 aromatic rings. The van der Waals surface area contributed by atoms with Crippen LogP contribution in [0, 0.1) is 0 Å². The second-order valence-electron chi connectivity index (χ2n) is 7.18. The van der Waals surface area contributed by atoms with E-state index in [0.29, 0.717) is 18.8 Å². The van der Waals surface area contributed by atoms with Gasteiger partial charge in [-0.05, 0) is 28.1 Å². The molecule has 4 rings (SSSR count). The molecule has 0 aliphatic carbocycles. The normalized spacial score (nSPS) is 17.0. The zero-order valence-corrected chi connectivity index (χ0v) is 16.6. The van der Waals surface area contributed by atoms with E-state index >= 15 is 0 Å². The maximum atomic E-state index is 12.4. The average molecular weight is 408 g/mol. The van der Waals surface area contributed by atoms with Crippen LogP contribution < -0.4 is 11.0 Å². The van der Waals surface area contributed by atoms with Gasteiger partial charge in [0.25, 0.3) is 0 Å². The van der Waals surface area contributed by atoms with Gasteiger partial charge >= 0.3 is 5.69 Å². The number of nitrogens with one attached hydrogen (secondary N) is 1. The van der Waals surface area contributed by atoms with Gasteiger partial charge in [0, 0.05) is 26.2 Å². The quantitative estimate of drug-likeness (QED) is 0.610. The van der Waals surface area contributed by atoms with Crippen molar-refractivity contribution in [1.29, 1.82) is 0 Å². The van der Waals surface area contributed by atoms with Gasteiger partial charge in [-0.2, -0.15) is 9.36 Å². The Bertz CT molecular complexity index is 1020. The molecule has 9 heteroatoms. The molecule has 1 aromatic heterocycles. The van der Waals surface area contributed by atoms with Crippen LogP contribution in [0.25, 0.3) is 5.69 Å². The number of morpholine rings is 1. The number of aromatic nitrogens is 4. The molecule has 1 aliphatic heterocycles. The van der Waals surface area contributed by atoms with Crippen molar-refractivity contribution < 1.29 is 9.53 Å². The first-order chi connectivity index (χ1) is 14.7. The lowest BCUT2D eigenvalue weighted by Gasteiger charge is -2.33. The lowest BCUT2D eigenvalue weighted by atomic mass is 10.2. The number of nitrogens with zero attached hydrogens (tertiary/aromatic N) is 5. The minimum Gasteiger partial charge on any atom is -0.374 e. The fraction of sp³-hybridized carbons (Fsp3) is 0.333. The molecule has 9 nitrogen and oxygen atoms in total. The van der Waals surface area contributed by atoms with Crippen LogP contribution in [0.1, 0.15) is 5.56 Å². The zero-order valence-electron chi connectivity index (χ0n) is 16.6. The molecular weight excluding hydrogens is 384 g/mol.